The van der Waals surface area contributed by atoms with Crippen LogP contribution in [0.3, 0.4) is 0 Å². The molecule has 3 nitrogen and oxygen atoms in total. The molecule has 0 amide bonds. The highest BCUT2D eigenvalue weighted by molar-refractivity contribution is 9.10. The molecule has 0 spiro atoms. The fourth-order valence-electron chi connectivity index (χ4n) is 2.61. The number of carbonyl (C=O) groups is 1. The number of rotatable bonds is 1. The number of ether oxygens (including phenoxy) is 1. The maximum absolute atomic E-state index is 13.2. The van der Waals surface area contributed by atoms with Crippen molar-refractivity contribution in [2.24, 2.45) is 0 Å². The molecule has 1 aliphatic rings. The van der Waals surface area contributed by atoms with Crippen LogP contribution in [0.4, 0.5) is 13.2 Å². The van der Waals surface area contributed by atoms with E-state index in [1.165, 1.54) is 6.07 Å². The van der Waals surface area contributed by atoms with Gasteiger partial charge in [0.2, 0.25) is 6.10 Å². The van der Waals surface area contributed by atoms with E-state index in [1.807, 2.05) is 20.8 Å². The molecule has 2 rings (SSSR count). The van der Waals surface area contributed by atoms with Gasteiger partial charge >= 0.3 is 12.1 Å². The number of carboxylic acid groups (broad SMARTS) is 1. The van der Waals surface area contributed by atoms with Gasteiger partial charge in [-0.1, -0.05) is 36.7 Å². The van der Waals surface area contributed by atoms with Gasteiger partial charge in [0.25, 0.3) is 0 Å². The van der Waals surface area contributed by atoms with E-state index in [9.17, 15) is 18.0 Å². The molecule has 1 N–H and O–H groups in total. The molecule has 1 unspecified atom stereocenters. The average molecular weight is 394 g/mol. The molecule has 0 aliphatic carbocycles. The van der Waals surface area contributed by atoms with Crippen molar-refractivity contribution in [1.82, 2.24) is 0 Å². The molecule has 7 heteroatoms. The van der Waals surface area contributed by atoms with Gasteiger partial charge in [0.1, 0.15) is 5.75 Å². The summed E-state index contributed by atoms with van der Waals surface area (Å²) in [4.78, 5) is 11.2. The molecule has 1 heterocycles. The van der Waals surface area contributed by atoms with Gasteiger partial charge in [-0.05, 0) is 35.6 Å². The Kier molecular flexibility index (Phi) is 3.94. The third-order valence-electron chi connectivity index (χ3n) is 3.48. The van der Waals surface area contributed by atoms with Gasteiger partial charge in [0, 0.05) is 11.4 Å². The molecular formula is C16H16BrF3O3. The molecule has 1 atom stereocenters. The molecule has 1 aliphatic heterocycles. The van der Waals surface area contributed by atoms with E-state index < -0.39 is 29.2 Å². The highest BCUT2D eigenvalue weighted by atomic mass is 79.9. The first kappa shape index (κ1) is 16.4. The van der Waals surface area contributed by atoms with E-state index in [0.29, 0.717) is 15.6 Å². The predicted octanol–water partition coefficient (Wildman–Crippen LogP) is 4.85. The topological polar surface area (TPSA) is 46.5 Å². The number of hydrogen-bond acceptors (Lipinski definition) is 2. The first-order valence-corrected chi connectivity index (χ1v) is 7.50. The van der Waals surface area contributed by atoms with Crippen molar-refractivity contribution >= 4 is 28.0 Å². The summed E-state index contributed by atoms with van der Waals surface area (Å²) in [5.41, 5.74) is -0.0967. The molecule has 0 bridgehead atoms. The molecule has 126 valence electrons. The fourth-order valence-corrected chi connectivity index (χ4v) is 3.69. The van der Waals surface area contributed by atoms with Crippen molar-refractivity contribution in [3.63, 3.8) is 0 Å². The lowest BCUT2D eigenvalue weighted by Gasteiger charge is -2.31. The first-order valence-electron chi connectivity index (χ1n) is 7.42. The van der Waals surface area contributed by atoms with Crippen molar-refractivity contribution in [2.45, 2.75) is 45.4 Å². The highest BCUT2D eigenvalue weighted by Crippen LogP contribution is 2.44. The number of fused-ring (bicyclic) bond motifs is 1. The number of hydrogen-bond donors (Lipinski definition) is 1. The van der Waals surface area contributed by atoms with E-state index in [4.69, 9.17) is 11.2 Å². The SMILES string of the molecule is [2H]Cc1c2c(cc(Br)c1C(C)(C)C)C=C(C(=O)O)C(C(F)(F)F)O2. The molecule has 0 saturated heterocycles. The van der Waals surface area contributed by atoms with Gasteiger partial charge in [0.15, 0.2) is 0 Å². The molecule has 0 saturated carbocycles. The van der Waals surface area contributed by atoms with E-state index in [-0.39, 0.29) is 18.2 Å². The zero-order valence-corrected chi connectivity index (χ0v) is 14.3. The van der Waals surface area contributed by atoms with Crippen LogP contribution in [0.2, 0.25) is 0 Å². The maximum Gasteiger partial charge on any atom is 0.430 e. The zero-order valence-electron chi connectivity index (χ0n) is 13.7. The number of carboxylic acids is 1. The van der Waals surface area contributed by atoms with Crippen LogP contribution in [0.15, 0.2) is 16.1 Å². The molecular weight excluding hydrogens is 377 g/mol. The van der Waals surface area contributed by atoms with Gasteiger partial charge < -0.3 is 9.84 Å². The van der Waals surface area contributed by atoms with E-state index >= 15 is 0 Å². The lowest BCUT2D eigenvalue weighted by Crippen LogP contribution is -2.40. The Hall–Kier alpha value is -1.50. The second-order valence-electron chi connectivity index (χ2n) is 6.32. The smallest absolute Gasteiger partial charge is 0.430 e. The largest absolute Gasteiger partial charge is 0.478 e. The van der Waals surface area contributed by atoms with Crippen molar-refractivity contribution in [3.05, 3.63) is 32.8 Å². The van der Waals surface area contributed by atoms with Gasteiger partial charge in [-0.2, -0.15) is 13.2 Å². The van der Waals surface area contributed by atoms with Crippen LogP contribution in [0.5, 0.6) is 5.75 Å². The summed E-state index contributed by atoms with van der Waals surface area (Å²) in [7, 11) is 0. The minimum Gasteiger partial charge on any atom is -0.478 e. The number of aliphatic carboxylic acids is 1. The van der Waals surface area contributed by atoms with Gasteiger partial charge in [-0.15, -0.1) is 0 Å². The van der Waals surface area contributed by atoms with E-state index in [0.717, 1.165) is 6.08 Å². The lowest BCUT2D eigenvalue weighted by atomic mass is 9.82. The van der Waals surface area contributed by atoms with Crippen LogP contribution < -0.4 is 4.74 Å². The summed E-state index contributed by atoms with van der Waals surface area (Å²) in [6.45, 7) is 5.35. The van der Waals surface area contributed by atoms with Gasteiger partial charge in [-0.3, -0.25) is 0 Å². The Balaban J connectivity index is 2.77. The standard InChI is InChI=1S/C16H16BrF3O3/c1-7-11(15(2,3)4)10(17)6-8-5-9(14(21)22)13(16(18,19)20)23-12(7)8/h5-6,13H,1-4H3,(H,21,22)/i1D. The van der Waals surface area contributed by atoms with Crippen molar-refractivity contribution in [2.75, 3.05) is 0 Å². The molecule has 1 aromatic carbocycles. The number of alkyl halides is 3. The van der Waals surface area contributed by atoms with Gasteiger partial charge in [-0.25, -0.2) is 4.79 Å². The Morgan fingerprint density at radius 3 is 2.43 bits per heavy atom. The normalized spacial score (nSPS) is 18.7. The Morgan fingerprint density at radius 1 is 1.39 bits per heavy atom. The van der Waals surface area contributed by atoms with Crippen LogP contribution in [0, 0.1) is 6.90 Å². The van der Waals surface area contributed by atoms with Crippen LogP contribution in [-0.4, -0.2) is 23.4 Å². The zero-order chi connectivity index (χ0) is 18.4. The van der Waals surface area contributed by atoms with Crippen molar-refractivity contribution in [3.8, 4) is 5.75 Å². The number of halogens is 4. The third kappa shape index (κ3) is 3.24. The summed E-state index contributed by atoms with van der Waals surface area (Å²) in [5, 5.41) is 9.08. The maximum atomic E-state index is 13.2. The summed E-state index contributed by atoms with van der Waals surface area (Å²) < 4.78 is 53.0. The van der Waals surface area contributed by atoms with Crippen LogP contribution in [-0.2, 0) is 10.2 Å². The first-order chi connectivity index (χ1) is 10.9. The van der Waals surface area contributed by atoms with E-state index in [2.05, 4.69) is 15.9 Å². The average Bonchev–Trinajstić information content (AvgIpc) is 2.41. The molecule has 0 aromatic heterocycles. The lowest BCUT2D eigenvalue weighted by molar-refractivity contribution is -0.187. The minimum atomic E-state index is -4.86. The Morgan fingerprint density at radius 2 is 2.00 bits per heavy atom. The fraction of sp³-hybridized carbons (Fsp3) is 0.438. The van der Waals surface area contributed by atoms with Crippen molar-refractivity contribution in [1.29, 1.82) is 0 Å². The monoisotopic (exact) mass is 393 g/mol. The van der Waals surface area contributed by atoms with E-state index in [1.54, 1.807) is 0 Å². The van der Waals surface area contributed by atoms with Crippen molar-refractivity contribution < 1.29 is 29.2 Å². The number of benzene rings is 1. The van der Waals surface area contributed by atoms with Crippen LogP contribution >= 0.6 is 15.9 Å². The third-order valence-corrected chi connectivity index (χ3v) is 4.11. The highest BCUT2D eigenvalue weighted by Gasteiger charge is 2.49. The second kappa shape index (κ2) is 5.54. The molecule has 0 fully saturated rings. The minimum absolute atomic E-state index is 0.0783. The second-order valence-corrected chi connectivity index (χ2v) is 7.18. The Labute approximate surface area is 141 Å². The molecule has 23 heavy (non-hydrogen) atoms. The summed E-state index contributed by atoms with van der Waals surface area (Å²) in [6.07, 6.45) is -6.45. The molecule has 0 radical (unpaired) electrons. The van der Waals surface area contributed by atoms with Crippen LogP contribution in [0.1, 0.15) is 38.8 Å². The Bertz CT molecular complexity index is 721. The predicted molar refractivity (Wildman–Crippen MR) is 83.7 cm³/mol. The summed E-state index contributed by atoms with van der Waals surface area (Å²) >= 11 is 3.38. The quantitative estimate of drug-likeness (QED) is 0.741. The summed E-state index contributed by atoms with van der Waals surface area (Å²) in [6, 6.07) is 1.53. The summed E-state index contributed by atoms with van der Waals surface area (Å²) in [5.74, 6) is -1.77. The molecule has 1 aromatic rings. The van der Waals surface area contributed by atoms with Crippen LogP contribution in [0.25, 0.3) is 6.08 Å². The van der Waals surface area contributed by atoms with Gasteiger partial charge in [0.05, 0.1) is 5.57 Å².